The molecule has 0 aromatic heterocycles. The molecule has 7 heteroatoms. The number of anilines is 1. The predicted molar refractivity (Wildman–Crippen MR) is 121 cm³/mol. The van der Waals surface area contributed by atoms with Crippen molar-refractivity contribution in [3.63, 3.8) is 0 Å². The first kappa shape index (κ1) is 22.8. The van der Waals surface area contributed by atoms with Crippen LogP contribution >= 0.6 is 0 Å². The molecule has 2 aromatic carbocycles. The van der Waals surface area contributed by atoms with Crippen molar-refractivity contribution in [1.82, 2.24) is 9.80 Å². The third-order valence-electron chi connectivity index (χ3n) is 5.72. The number of piperazine rings is 1. The van der Waals surface area contributed by atoms with Gasteiger partial charge >= 0.3 is 0 Å². The summed E-state index contributed by atoms with van der Waals surface area (Å²) in [6.07, 6.45) is 0. The lowest BCUT2D eigenvalue weighted by Gasteiger charge is -2.37. The topological polar surface area (TPSA) is 71.1 Å². The number of carbonyl (C=O) groups is 2. The summed E-state index contributed by atoms with van der Waals surface area (Å²) in [5.74, 6) is 1.38. The molecule has 7 nitrogen and oxygen atoms in total. The Hall–Kier alpha value is -2.90. The van der Waals surface area contributed by atoms with Gasteiger partial charge in [-0.1, -0.05) is 18.2 Å². The van der Waals surface area contributed by atoms with Crippen molar-refractivity contribution >= 4 is 17.4 Å². The fourth-order valence-corrected chi connectivity index (χ4v) is 3.77. The fourth-order valence-electron chi connectivity index (χ4n) is 3.77. The van der Waals surface area contributed by atoms with Crippen molar-refractivity contribution in [3.8, 4) is 11.5 Å². The first-order valence-corrected chi connectivity index (χ1v) is 10.5. The number of hydrogen-bond acceptors (Lipinski definition) is 6. The maximum absolute atomic E-state index is 12.7. The van der Waals surface area contributed by atoms with Gasteiger partial charge in [-0.15, -0.1) is 0 Å². The van der Waals surface area contributed by atoms with Gasteiger partial charge in [0.25, 0.3) is 0 Å². The van der Waals surface area contributed by atoms with Crippen molar-refractivity contribution in [2.75, 3.05) is 45.7 Å². The van der Waals surface area contributed by atoms with E-state index in [2.05, 4.69) is 21.2 Å². The van der Waals surface area contributed by atoms with Gasteiger partial charge in [-0.3, -0.25) is 19.4 Å². The number of amides is 1. The Bertz CT molecular complexity index is 923. The second kappa shape index (κ2) is 10.4. The van der Waals surface area contributed by atoms with Crippen LogP contribution in [0.2, 0.25) is 0 Å². The lowest BCUT2D eigenvalue weighted by molar-refractivity contribution is -0.121. The average molecular weight is 426 g/mol. The van der Waals surface area contributed by atoms with E-state index < -0.39 is 0 Å². The Morgan fingerprint density at radius 3 is 2.35 bits per heavy atom. The molecular formula is C24H31N3O4. The summed E-state index contributed by atoms with van der Waals surface area (Å²) in [5, 5.41) is 2.94. The average Bonchev–Trinajstić information content (AvgIpc) is 2.79. The molecule has 3 rings (SSSR count). The molecule has 1 heterocycles. The molecule has 1 amide bonds. The van der Waals surface area contributed by atoms with Crippen molar-refractivity contribution < 1.29 is 19.1 Å². The monoisotopic (exact) mass is 425 g/mol. The molecule has 1 saturated heterocycles. The number of ketones is 1. The Morgan fingerprint density at radius 1 is 1.00 bits per heavy atom. The minimum absolute atomic E-state index is 0.0188. The van der Waals surface area contributed by atoms with Gasteiger partial charge < -0.3 is 14.8 Å². The zero-order valence-electron chi connectivity index (χ0n) is 18.7. The van der Waals surface area contributed by atoms with E-state index >= 15 is 0 Å². The first-order chi connectivity index (χ1) is 14.9. The van der Waals surface area contributed by atoms with Crippen LogP contribution in [-0.2, 0) is 11.3 Å². The van der Waals surface area contributed by atoms with Crippen LogP contribution in [0.3, 0.4) is 0 Å². The molecule has 31 heavy (non-hydrogen) atoms. The van der Waals surface area contributed by atoms with E-state index in [-0.39, 0.29) is 17.7 Å². The zero-order chi connectivity index (χ0) is 22.4. The molecule has 0 radical (unpaired) electrons. The Labute approximate surface area is 183 Å². The summed E-state index contributed by atoms with van der Waals surface area (Å²) in [7, 11) is 3.28. The van der Waals surface area contributed by atoms with Crippen LogP contribution in [0, 0.1) is 0 Å². The number of benzene rings is 2. The van der Waals surface area contributed by atoms with Crippen LogP contribution in [0.25, 0.3) is 0 Å². The SMILES string of the molecule is COc1ccc(CN2CCN([C@H](C)C(=O)Nc3cccc(C(C)=O)c3)CC2)cc1OC. The third kappa shape index (κ3) is 5.83. The van der Waals surface area contributed by atoms with Gasteiger partial charge in [-0.05, 0) is 43.7 Å². The molecule has 0 saturated carbocycles. The van der Waals surface area contributed by atoms with Crippen molar-refractivity contribution in [1.29, 1.82) is 0 Å². The molecule has 0 bridgehead atoms. The van der Waals surface area contributed by atoms with E-state index in [1.165, 1.54) is 12.5 Å². The molecule has 166 valence electrons. The molecular weight excluding hydrogens is 394 g/mol. The van der Waals surface area contributed by atoms with Gasteiger partial charge in [0.1, 0.15) is 0 Å². The van der Waals surface area contributed by atoms with E-state index in [1.807, 2.05) is 19.1 Å². The molecule has 1 N–H and O–H groups in total. The summed E-state index contributed by atoms with van der Waals surface area (Å²) in [6.45, 7) is 7.66. The van der Waals surface area contributed by atoms with Gasteiger partial charge in [0, 0.05) is 44.0 Å². The summed E-state index contributed by atoms with van der Waals surface area (Å²) < 4.78 is 10.7. The second-order valence-electron chi connectivity index (χ2n) is 7.80. The third-order valence-corrected chi connectivity index (χ3v) is 5.72. The highest BCUT2D eigenvalue weighted by Gasteiger charge is 2.26. The normalized spacial score (nSPS) is 15.9. The number of hydrogen-bond donors (Lipinski definition) is 1. The minimum Gasteiger partial charge on any atom is -0.493 e. The largest absolute Gasteiger partial charge is 0.493 e. The standard InChI is InChI=1S/C24H31N3O4/c1-17(24(29)25-21-7-5-6-20(15-21)18(2)28)27-12-10-26(11-13-27)16-19-8-9-22(30-3)23(14-19)31-4/h5-9,14-15,17H,10-13,16H2,1-4H3,(H,25,29)/t17-/m1/s1. The smallest absolute Gasteiger partial charge is 0.241 e. The van der Waals surface area contributed by atoms with E-state index in [0.29, 0.717) is 11.3 Å². The van der Waals surface area contributed by atoms with Crippen molar-refractivity contribution in [3.05, 3.63) is 53.6 Å². The minimum atomic E-state index is -0.246. The number of nitrogens with one attached hydrogen (secondary N) is 1. The number of carbonyl (C=O) groups excluding carboxylic acids is 2. The lowest BCUT2D eigenvalue weighted by atomic mass is 10.1. The number of nitrogens with zero attached hydrogens (tertiary/aromatic N) is 2. The highest BCUT2D eigenvalue weighted by molar-refractivity contribution is 5.98. The van der Waals surface area contributed by atoms with E-state index in [9.17, 15) is 9.59 Å². The molecule has 1 fully saturated rings. The Kier molecular flexibility index (Phi) is 7.65. The number of rotatable bonds is 8. The van der Waals surface area contributed by atoms with Gasteiger partial charge in [-0.2, -0.15) is 0 Å². The first-order valence-electron chi connectivity index (χ1n) is 10.5. The highest BCUT2D eigenvalue weighted by Crippen LogP contribution is 2.28. The summed E-state index contributed by atoms with van der Waals surface area (Å²) in [6, 6.07) is 12.8. The van der Waals surface area contributed by atoms with Gasteiger partial charge in [0.05, 0.1) is 20.3 Å². The second-order valence-corrected chi connectivity index (χ2v) is 7.80. The van der Waals surface area contributed by atoms with E-state index in [0.717, 1.165) is 44.2 Å². The Morgan fingerprint density at radius 2 is 1.71 bits per heavy atom. The van der Waals surface area contributed by atoms with Crippen LogP contribution < -0.4 is 14.8 Å². The van der Waals surface area contributed by atoms with Crippen molar-refractivity contribution in [2.45, 2.75) is 26.4 Å². The summed E-state index contributed by atoms with van der Waals surface area (Å²) in [5.41, 5.74) is 2.41. The van der Waals surface area contributed by atoms with Gasteiger partial charge in [0.15, 0.2) is 17.3 Å². The van der Waals surface area contributed by atoms with Crippen LogP contribution in [0.15, 0.2) is 42.5 Å². The zero-order valence-corrected chi connectivity index (χ0v) is 18.7. The summed E-state index contributed by atoms with van der Waals surface area (Å²) >= 11 is 0. The lowest BCUT2D eigenvalue weighted by Crippen LogP contribution is -2.52. The summed E-state index contributed by atoms with van der Waals surface area (Å²) in [4.78, 5) is 28.8. The molecule has 1 aliphatic heterocycles. The molecule has 0 aliphatic carbocycles. The predicted octanol–water partition coefficient (Wildman–Crippen LogP) is 3.05. The molecule has 0 spiro atoms. The van der Waals surface area contributed by atoms with Crippen LogP contribution in [0.5, 0.6) is 11.5 Å². The van der Waals surface area contributed by atoms with Gasteiger partial charge in [-0.25, -0.2) is 0 Å². The van der Waals surface area contributed by atoms with E-state index in [4.69, 9.17) is 9.47 Å². The van der Waals surface area contributed by atoms with Crippen LogP contribution in [-0.4, -0.2) is 67.9 Å². The molecule has 1 atom stereocenters. The maximum atomic E-state index is 12.7. The number of ether oxygens (including phenoxy) is 2. The molecule has 0 unspecified atom stereocenters. The maximum Gasteiger partial charge on any atom is 0.241 e. The van der Waals surface area contributed by atoms with Crippen LogP contribution in [0.4, 0.5) is 5.69 Å². The van der Waals surface area contributed by atoms with Crippen molar-refractivity contribution in [2.24, 2.45) is 0 Å². The van der Waals surface area contributed by atoms with E-state index in [1.54, 1.807) is 38.5 Å². The fraction of sp³-hybridized carbons (Fsp3) is 0.417. The highest BCUT2D eigenvalue weighted by atomic mass is 16.5. The molecule has 1 aliphatic rings. The quantitative estimate of drug-likeness (QED) is 0.656. The Balaban J connectivity index is 1.52. The number of Topliss-reactive ketones (excluding diaryl/α,β-unsaturated/α-hetero) is 1. The van der Waals surface area contributed by atoms with Gasteiger partial charge in [0.2, 0.25) is 5.91 Å². The number of methoxy groups -OCH3 is 2. The van der Waals surface area contributed by atoms with Crippen LogP contribution in [0.1, 0.15) is 29.8 Å². The molecule has 2 aromatic rings.